The van der Waals surface area contributed by atoms with Gasteiger partial charge < -0.3 is 0 Å². The van der Waals surface area contributed by atoms with Crippen molar-refractivity contribution in [3.05, 3.63) is 46.2 Å². The lowest BCUT2D eigenvalue weighted by molar-refractivity contribution is 0.601. The van der Waals surface area contributed by atoms with Gasteiger partial charge in [0.25, 0.3) is 10.0 Å². The Labute approximate surface area is 117 Å². The second-order valence-electron chi connectivity index (χ2n) is 3.25. The molecule has 0 amide bonds. The summed E-state index contributed by atoms with van der Waals surface area (Å²) < 4.78 is 26.9. The summed E-state index contributed by atoms with van der Waals surface area (Å²) in [6.45, 7) is 0. The zero-order chi connectivity index (χ0) is 13.2. The van der Waals surface area contributed by atoms with Crippen LogP contribution < -0.4 is 4.72 Å². The molecule has 0 aliphatic rings. The largest absolute Gasteiger partial charge is 0.264 e. The van der Waals surface area contributed by atoms with E-state index in [1.165, 1.54) is 24.5 Å². The van der Waals surface area contributed by atoms with E-state index in [9.17, 15) is 8.42 Å². The van der Waals surface area contributed by atoms with Gasteiger partial charge in [0.15, 0.2) is 0 Å². The molecule has 0 spiro atoms. The maximum absolute atomic E-state index is 12.0. The zero-order valence-electron chi connectivity index (χ0n) is 8.84. The zero-order valence-corrected chi connectivity index (χ0v) is 12.0. The van der Waals surface area contributed by atoms with Gasteiger partial charge in [-0.15, -0.1) is 0 Å². The van der Waals surface area contributed by atoms with Crippen molar-refractivity contribution < 1.29 is 8.42 Å². The lowest BCUT2D eigenvalue weighted by Gasteiger charge is -2.06. The van der Waals surface area contributed by atoms with Crippen LogP contribution in [0.4, 0.5) is 5.95 Å². The van der Waals surface area contributed by atoms with Crippen LogP contribution in [0.3, 0.4) is 0 Å². The molecule has 8 heteroatoms. The van der Waals surface area contributed by atoms with E-state index >= 15 is 0 Å². The first-order valence-electron chi connectivity index (χ1n) is 4.74. The number of anilines is 1. The van der Waals surface area contributed by atoms with Gasteiger partial charge in [-0.1, -0.05) is 11.6 Å². The summed E-state index contributed by atoms with van der Waals surface area (Å²) in [5, 5.41) is 0.312. The van der Waals surface area contributed by atoms with Gasteiger partial charge in [0, 0.05) is 16.9 Å². The topological polar surface area (TPSA) is 72.0 Å². The highest BCUT2D eigenvalue weighted by molar-refractivity contribution is 9.10. The molecule has 18 heavy (non-hydrogen) atoms. The molecular formula is C10H7BrClN3O2S. The Kier molecular flexibility index (Phi) is 3.84. The van der Waals surface area contributed by atoms with E-state index in [1.807, 2.05) is 0 Å². The molecule has 1 aromatic carbocycles. The Balaban J connectivity index is 2.34. The third-order valence-corrected chi connectivity index (χ3v) is 4.55. The van der Waals surface area contributed by atoms with E-state index < -0.39 is 10.0 Å². The first-order chi connectivity index (χ1) is 8.49. The van der Waals surface area contributed by atoms with Crippen LogP contribution in [0, 0.1) is 0 Å². The fourth-order valence-corrected chi connectivity index (χ4v) is 2.65. The van der Waals surface area contributed by atoms with E-state index in [2.05, 4.69) is 30.6 Å². The summed E-state index contributed by atoms with van der Waals surface area (Å²) >= 11 is 9.04. The molecule has 0 atom stereocenters. The SMILES string of the molecule is O=S(=O)(Nc1ncccn1)c1ccc(Br)c(Cl)c1. The number of benzene rings is 1. The minimum Gasteiger partial charge on any atom is -0.247 e. The molecule has 5 nitrogen and oxygen atoms in total. The first kappa shape index (κ1) is 13.3. The van der Waals surface area contributed by atoms with Crippen LogP contribution in [0.2, 0.25) is 5.02 Å². The van der Waals surface area contributed by atoms with Gasteiger partial charge in [-0.25, -0.2) is 23.1 Å². The minimum absolute atomic E-state index is 0.0107. The van der Waals surface area contributed by atoms with Crippen molar-refractivity contribution in [2.45, 2.75) is 4.90 Å². The second-order valence-corrected chi connectivity index (χ2v) is 6.20. The van der Waals surface area contributed by atoms with Gasteiger partial charge in [0.1, 0.15) is 0 Å². The Morgan fingerprint density at radius 2 is 1.89 bits per heavy atom. The maximum Gasteiger partial charge on any atom is 0.264 e. The Morgan fingerprint density at radius 3 is 2.50 bits per heavy atom. The summed E-state index contributed by atoms with van der Waals surface area (Å²) in [6, 6.07) is 5.93. The quantitative estimate of drug-likeness (QED) is 0.925. The van der Waals surface area contributed by atoms with Crippen molar-refractivity contribution >= 4 is 43.5 Å². The Morgan fingerprint density at radius 1 is 1.22 bits per heavy atom. The van der Waals surface area contributed by atoms with E-state index in [-0.39, 0.29) is 10.8 Å². The smallest absolute Gasteiger partial charge is 0.247 e. The second kappa shape index (κ2) is 5.21. The van der Waals surface area contributed by atoms with Gasteiger partial charge in [0.05, 0.1) is 9.92 Å². The maximum atomic E-state index is 12.0. The van der Waals surface area contributed by atoms with Crippen molar-refractivity contribution in [3.63, 3.8) is 0 Å². The summed E-state index contributed by atoms with van der Waals surface area (Å²) in [5.41, 5.74) is 0. The molecular weight excluding hydrogens is 342 g/mol. The van der Waals surface area contributed by atoms with Crippen molar-refractivity contribution in [2.24, 2.45) is 0 Å². The van der Waals surface area contributed by atoms with Crippen LogP contribution in [0.1, 0.15) is 0 Å². The monoisotopic (exact) mass is 347 g/mol. The van der Waals surface area contributed by atoms with Crippen LogP contribution >= 0.6 is 27.5 Å². The molecule has 2 rings (SSSR count). The summed E-state index contributed by atoms with van der Waals surface area (Å²) in [5.74, 6) is 0.0107. The predicted molar refractivity (Wildman–Crippen MR) is 72.0 cm³/mol. The van der Waals surface area contributed by atoms with E-state index in [0.29, 0.717) is 9.50 Å². The fraction of sp³-hybridized carbons (Fsp3) is 0. The molecule has 0 aliphatic carbocycles. The molecule has 1 aromatic heterocycles. The van der Waals surface area contributed by atoms with Crippen LogP contribution in [0.5, 0.6) is 0 Å². The summed E-state index contributed by atoms with van der Waals surface area (Å²) in [6.07, 6.45) is 2.89. The third kappa shape index (κ3) is 2.98. The van der Waals surface area contributed by atoms with Crippen LogP contribution in [0.15, 0.2) is 46.0 Å². The average molecular weight is 349 g/mol. The highest BCUT2D eigenvalue weighted by atomic mass is 79.9. The summed E-state index contributed by atoms with van der Waals surface area (Å²) in [4.78, 5) is 7.62. The minimum atomic E-state index is -3.73. The molecule has 0 aliphatic heterocycles. The lowest BCUT2D eigenvalue weighted by Crippen LogP contribution is -2.14. The molecule has 0 radical (unpaired) electrons. The number of sulfonamides is 1. The Bertz CT molecular complexity index is 664. The third-order valence-electron chi connectivity index (χ3n) is 1.99. The standard InChI is InChI=1S/C10H7BrClN3O2S/c11-8-3-2-7(6-9(8)12)18(16,17)15-10-13-4-1-5-14-10/h1-6H,(H,13,14,15). The van der Waals surface area contributed by atoms with Gasteiger partial charge in [0.2, 0.25) is 5.95 Å². The van der Waals surface area contributed by atoms with Crippen molar-refractivity contribution in [1.29, 1.82) is 0 Å². The van der Waals surface area contributed by atoms with Crippen molar-refractivity contribution in [3.8, 4) is 0 Å². The number of nitrogens with zero attached hydrogens (tertiary/aromatic N) is 2. The van der Waals surface area contributed by atoms with Crippen LogP contribution in [-0.4, -0.2) is 18.4 Å². The number of hydrogen-bond donors (Lipinski definition) is 1. The number of halogens is 2. The molecule has 0 saturated carbocycles. The summed E-state index contributed by atoms with van der Waals surface area (Å²) in [7, 11) is -3.73. The average Bonchev–Trinajstić information content (AvgIpc) is 2.33. The van der Waals surface area contributed by atoms with E-state index in [4.69, 9.17) is 11.6 Å². The normalized spacial score (nSPS) is 11.2. The molecule has 1 heterocycles. The molecule has 0 bridgehead atoms. The number of nitrogens with one attached hydrogen (secondary N) is 1. The molecule has 1 N–H and O–H groups in total. The number of aromatic nitrogens is 2. The van der Waals surface area contributed by atoms with Gasteiger partial charge >= 0.3 is 0 Å². The molecule has 2 aromatic rings. The van der Waals surface area contributed by atoms with Gasteiger partial charge in [-0.2, -0.15) is 0 Å². The number of rotatable bonds is 3. The first-order valence-corrected chi connectivity index (χ1v) is 7.39. The number of hydrogen-bond acceptors (Lipinski definition) is 4. The van der Waals surface area contributed by atoms with Crippen LogP contribution in [-0.2, 0) is 10.0 Å². The molecule has 94 valence electrons. The van der Waals surface area contributed by atoms with Crippen LogP contribution in [0.25, 0.3) is 0 Å². The molecule has 0 saturated heterocycles. The molecule has 0 unspecified atom stereocenters. The van der Waals surface area contributed by atoms with Gasteiger partial charge in [-0.05, 0) is 40.2 Å². The molecule has 0 fully saturated rings. The predicted octanol–water partition coefficient (Wildman–Crippen LogP) is 2.69. The highest BCUT2D eigenvalue weighted by Crippen LogP contribution is 2.25. The fourth-order valence-electron chi connectivity index (χ4n) is 1.17. The van der Waals surface area contributed by atoms with Crippen molar-refractivity contribution in [1.82, 2.24) is 9.97 Å². The van der Waals surface area contributed by atoms with Crippen molar-refractivity contribution in [2.75, 3.05) is 4.72 Å². The van der Waals surface area contributed by atoms with E-state index in [0.717, 1.165) is 0 Å². The highest BCUT2D eigenvalue weighted by Gasteiger charge is 2.16. The van der Waals surface area contributed by atoms with Gasteiger partial charge in [-0.3, -0.25) is 0 Å². The lowest BCUT2D eigenvalue weighted by atomic mass is 10.4. The Hall–Kier alpha value is -1.18. The van der Waals surface area contributed by atoms with E-state index in [1.54, 1.807) is 12.1 Å².